The maximum Gasteiger partial charge on any atom is 0.102 e. The van der Waals surface area contributed by atoms with Gasteiger partial charge in [0.05, 0.1) is 0 Å². The molecule has 0 spiro atoms. The molecule has 1 unspecified atom stereocenters. The summed E-state index contributed by atoms with van der Waals surface area (Å²) in [5, 5.41) is 2.88. The van der Waals surface area contributed by atoms with Crippen molar-refractivity contribution in [2.24, 2.45) is 17.0 Å². The smallest absolute Gasteiger partial charge is 0.102 e. The summed E-state index contributed by atoms with van der Waals surface area (Å²) in [6, 6.07) is 0. The fourth-order valence-corrected chi connectivity index (χ4v) is 1.56. The first-order valence-electron chi connectivity index (χ1n) is 6.01. The molecule has 0 N–H and O–H groups in total. The van der Waals surface area contributed by atoms with Gasteiger partial charge in [-0.25, -0.2) is 0 Å². The Balaban J connectivity index is 3.60. The molecule has 0 aromatic rings. The summed E-state index contributed by atoms with van der Waals surface area (Å²) in [7, 11) is 0. The minimum atomic E-state index is 0.346. The van der Waals surface area contributed by atoms with E-state index in [1.807, 2.05) is 6.92 Å². The first kappa shape index (κ1) is 14.3. The molecule has 0 aliphatic heterocycles. The topological polar surface area (TPSA) is 29.4 Å². The molecule has 0 radical (unpaired) electrons. The van der Waals surface area contributed by atoms with Crippen molar-refractivity contribution < 1.29 is 0 Å². The summed E-state index contributed by atoms with van der Waals surface area (Å²) in [5.41, 5.74) is 1.10. The lowest BCUT2D eigenvalue weighted by Gasteiger charge is -2.10. The average Bonchev–Trinajstić information content (AvgIpc) is 2.14. The van der Waals surface area contributed by atoms with Crippen molar-refractivity contribution in [2.45, 2.75) is 53.4 Å². The minimum Gasteiger partial charge on any atom is -0.150 e. The third-order valence-corrected chi connectivity index (χ3v) is 2.66. The van der Waals surface area contributed by atoms with Crippen LogP contribution in [0.25, 0.3) is 0 Å². The Labute approximate surface area is 94.1 Å². The molecule has 88 valence electrons. The van der Waals surface area contributed by atoms with E-state index < -0.39 is 0 Å². The third-order valence-electron chi connectivity index (χ3n) is 2.66. The molecule has 0 amide bonds. The van der Waals surface area contributed by atoms with E-state index in [0.717, 1.165) is 23.8 Å². The zero-order valence-electron chi connectivity index (χ0n) is 10.6. The predicted molar refractivity (Wildman–Crippen MR) is 66.9 cm³/mol. The third kappa shape index (κ3) is 9.64. The number of nitroso groups, excluding NO2 is 1. The molecular weight excluding hydrogens is 186 g/mol. The van der Waals surface area contributed by atoms with Crippen molar-refractivity contribution in [2.75, 3.05) is 6.54 Å². The summed E-state index contributed by atoms with van der Waals surface area (Å²) < 4.78 is 0. The van der Waals surface area contributed by atoms with E-state index in [2.05, 4.69) is 32.0 Å². The van der Waals surface area contributed by atoms with Gasteiger partial charge >= 0.3 is 0 Å². The zero-order chi connectivity index (χ0) is 11.7. The fraction of sp³-hybridized carbons (Fsp3) is 0.846. The molecule has 0 rings (SSSR count). The van der Waals surface area contributed by atoms with Crippen molar-refractivity contribution in [3.63, 3.8) is 0 Å². The second-order valence-corrected chi connectivity index (χ2v) is 5.00. The van der Waals surface area contributed by atoms with Crippen LogP contribution in [0.15, 0.2) is 16.8 Å². The molecule has 0 fully saturated rings. The number of allylic oxidation sites excluding steroid dienone is 1. The highest BCUT2D eigenvalue weighted by Crippen LogP contribution is 2.16. The van der Waals surface area contributed by atoms with E-state index in [1.165, 1.54) is 19.3 Å². The standard InChI is InChI=1S/C13H25NO/c1-11(2)6-5-7-12(3)8-9-13(4)10-14-15/h9,11-12H,5-8,10H2,1-4H3. The molecule has 0 aliphatic rings. The van der Waals surface area contributed by atoms with Gasteiger partial charge in [0.2, 0.25) is 0 Å². The Bertz CT molecular complexity index is 197. The van der Waals surface area contributed by atoms with Crippen molar-refractivity contribution in [1.82, 2.24) is 0 Å². The van der Waals surface area contributed by atoms with Gasteiger partial charge in [-0.05, 0) is 25.2 Å². The van der Waals surface area contributed by atoms with Gasteiger partial charge in [-0.1, -0.05) is 56.9 Å². The summed E-state index contributed by atoms with van der Waals surface area (Å²) in [5.74, 6) is 1.54. The number of rotatable bonds is 8. The Morgan fingerprint density at radius 1 is 1.27 bits per heavy atom. The molecule has 0 bridgehead atoms. The number of hydrogen-bond donors (Lipinski definition) is 0. The molecule has 0 aromatic heterocycles. The van der Waals surface area contributed by atoms with Crippen molar-refractivity contribution in [1.29, 1.82) is 0 Å². The maximum absolute atomic E-state index is 10.0. The lowest BCUT2D eigenvalue weighted by molar-refractivity contribution is 0.460. The molecule has 2 nitrogen and oxygen atoms in total. The highest BCUT2D eigenvalue weighted by atomic mass is 16.3. The number of hydrogen-bond acceptors (Lipinski definition) is 2. The molecule has 0 saturated carbocycles. The minimum absolute atomic E-state index is 0.346. The highest BCUT2D eigenvalue weighted by molar-refractivity contribution is 5.00. The molecule has 15 heavy (non-hydrogen) atoms. The SMILES string of the molecule is CC(=CCC(C)CCCC(C)C)CN=O. The molecule has 0 heterocycles. The Morgan fingerprint density at radius 2 is 1.93 bits per heavy atom. The lowest BCUT2D eigenvalue weighted by Crippen LogP contribution is -1.96. The van der Waals surface area contributed by atoms with E-state index >= 15 is 0 Å². The van der Waals surface area contributed by atoms with Gasteiger partial charge in [0, 0.05) is 0 Å². The first-order chi connectivity index (χ1) is 7.06. The van der Waals surface area contributed by atoms with Gasteiger partial charge < -0.3 is 0 Å². The van der Waals surface area contributed by atoms with Crippen LogP contribution < -0.4 is 0 Å². The Hall–Kier alpha value is -0.660. The molecule has 0 saturated heterocycles. The zero-order valence-corrected chi connectivity index (χ0v) is 10.6. The van der Waals surface area contributed by atoms with Gasteiger partial charge in [-0.15, -0.1) is 0 Å². The van der Waals surface area contributed by atoms with Crippen LogP contribution in [0.4, 0.5) is 0 Å². The van der Waals surface area contributed by atoms with Crippen molar-refractivity contribution >= 4 is 0 Å². The lowest BCUT2D eigenvalue weighted by atomic mass is 9.96. The summed E-state index contributed by atoms with van der Waals surface area (Å²) in [6.07, 6.45) is 7.16. The molecule has 2 heteroatoms. The Morgan fingerprint density at radius 3 is 2.47 bits per heavy atom. The van der Waals surface area contributed by atoms with Crippen molar-refractivity contribution in [3.8, 4) is 0 Å². The monoisotopic (exact) mass is 211 g/mol. The van der Waals surface area contributed by atoms with Gasteiger partial charge in [0.25, 0.3) is 0 Å². The molecule has 0 aromatic carbocycles. The second-order valence-electron chi connectivity index (χ2n) is 5.00. The molecule has 0 aliphatic carbocycles. The van der Waals surface area contributed by atoms with Gasteiger partial charge in [-0.2, -0.15) is 4.91 Å². The van der Waals surface area contributed by atoms with E-state index in [9.17, 15) is 4.91 Å². The van der Waals surface area contributed by atoms with Crippen LogP contribution >= 0.6 is 0 Å². The molecule has 1 atom stereocenters. The van der Waals surface area contributed by atoms with Crippen LogP contribution in [0.1, 0.15) is 53.4 Å². The van der Waals surface area contributed by atoms with Gasteiger partial charge in [0.15, 0.2) is 0 Å². The van der Waals surface area contributed by atoms with E-state index in [1.54, 1.807) is 0 Å². The van der Waals surface area contributed by atoms with Crippen LogP contribution in [0.5, 0.6) is 0 Å². The van der Waals surface area contributed by atoms with E-state index in [-0.39, 0.29) is 0 Å². The average molecular weight is 211 g/mol. The quantitative estimate of drug-likeness (QED) is 0.428. The highest BCUT2D eigenvalue weighted by Gasteiger charge is 2.01. The van der Waals surface area contributed by atoms with E-state index in [0.29, 0.717) is 6.54 Å². The summed E-state index contributed by atoms with van der Waals surface area (Å²) in [4.78, 5) is 10.0. The van der Waals surface area contributed by atoms with Gasteiger partial charge in [0.1, 0.15) is 6.54 Å². The van der Waals surface area contributed by atoms with Crippen LogP contribution in [0.2, 0.25) is 0 Å². The van der Waals surface area contributed by atoms with E-state index in [4.69, 9.17) is 0 Å². The Kier molecular flexibility index (Phi) is 8.25. The van der Waals surface area contributed by atoms with Crippen LogP contribution in [0, 0.1) is 16.7 Å². The predicted octanol–water partition coefficient (Wildman–Crippen LogP) is 4.55. The largest absolute Gasteiger partial charge is 0.150 e. The maximum atomic E-state index is 10.0. The second kappa shape index (κ2) is 8.63. The number of nitrogens with zero attached hydrogens (tertiary/aromatic N) is 1. The summed E-state index contributed by atoms with van der Waals surface area (Å²) >= 11 is 0. The first-order valence-corrected chi connectivity index (χ1v) is 6.01. The van der Waals surface area contributed by atoms with Crippen molar-refractivity contribution in [3.05, 3.63) is 16.6 Å². The van der Waals surface area contributed by atoms with Gasteiger partial charge in [-0.3, -0.25) is 0 Å². The normalized spacial score (nSPS) is 14.3. The van der Waals surface area contributed by atoms with Crippen LogP contribution in [0.3, 0.4) is 0 Å². The summed E-state index contributed by atoms with van der Waals surface area (Å²) in [6.45, 7) is 9.13. The fourth-order valence-electron chi connectivity index (χ4n) is 1.56. The molecular formula is C13H25NO. The van der Waals surface area contributed by atoms with Crippen LogP contribution in [-0.2, 0) is 0 Å². The van der Waals surface area contributed by atoms with Crippen LogP contribution in [-0.4, -0.2) is 6.54 Å².